The maximum atomic E-state index is 9.52. The number of ether oxygens (including phenoxy) is 1. The quantitative estimate of drug-likeness (QED) is 0.636. The van der Waals surface area contributed by atoms with Crippen molar-refractivity contribution in [3.63, 3.8) is 0 Å². The molecule has 1 rings (SSSR count). The molecule has 1 heterocycles. The van der Waals surface area contributed by atoms with Gasteiger partial charge in [-0.3, -0.25) is 0 Å². The Bertz CT molecular complexity index is 305. The Balaban J connectivity index is 2.48. The van der Waals surface area contributed by atoms with E-state index in [4.69, 9.17) is 9.15 Å². The highest BCUT2D eigenvalue weighted by Crippen LogP contribution is 2.10. The van der Waals surface area contributed by atoms with E-state index in [0.29, 0.717) is 25.0 Å². The van der Waals surface area contributed by atoms with E-state index in [1.54, 1.807) is 26.1 Å². The molecule has 0 radical (unpaired) electrons. The maximum Gasteiger partial charge on any atom is 0.318 e. The van der Waals surface area contributed by atoms with Crippen molar-refractivity contribution in [3.8, 4) is 0 Å². The van der Waals surface area contributed by atoms with Crippen LogP contribution in [0, 0.1) is 0 Å². The number of aromatic nitrogens is 2. The zero-order valence-electron chi connectivity index (χ0n) is 9.80. The number of aliphatic hydroxyl groups excluding tert-OH is 1. The van der Waals surface area contributed by atoms with E-state index in [0.717, 1.165) is 0 Å². The normalized spacial score (nSPS) is 12.8. The van der Waals surface area contributed by atoms with Crippen LogP contribution in [-0.2, 0) is 11.3 Å². The van der Waals surface area contributed by atoms with Crippen LogP contribution in [0.2, 0.25) is 0 Å². The fourth-order valence-corrected chi connectivity index (χ4v) is 1.26. The Morgan fingerprint density at radius 2 is 2.31 bits per heavy atom. The van der Waals surface area contributed by atoms with Crippen LogP contribution < -0.4 is 10.2 Å². The van der Waals surface area contributed by atoms with Crippen LogP contribution in [0.1, 0.15) is 5.89 Å². The van der Waals surface area contributed by atoms with Gasteiger partial charge in [-0.1, -0.05) is 5.10 Å². The van der Waals surface area contributed by atoms with Gasteiger partial charge in [-0.05, 0) is 7.05 Å². The standard InChI is InChI=1S/C9H18N4O3/c1-10-4-8-11-12-9(16-8)13(2)5-7(14)6-15-3/h7,10,14H,4-6H2,1-3H3. The van der Waals surface area contributed by atoms with Gasteiger partial charge in [-0.15, -0.1) is 5.10 Å². The molecule has 0 aromatic carbocycles. The lowest BCUT2D eigenvalue weighted by Crippen LogP contribution is -2.32. The summed E-state index contributed by atoms with van der Waals surface area (Å²) in [4.78, 5) is 1.69. The van der Waals surface area contributed by atoms with Gasteiger partial charge in [-0.2, -0.15) is 0 Å². The Morgan fingerprint density at radius 3 is 2.94 bits per heavy atom. The first-order valence-corrected chi connectivity index (χ1v) is 5.02. The predicted molar refractivity (Wildman–Crippen MR) is 58.2 cm³/mol. The summed E-state index contributed by atoms with van der Waals surface area (Å²) in [5.74, 6) is 0.519. The fraction of sp³-hybridized carbons (Fsp3) is 0.778. The van der Waals surface area contributed by atoms with Crippen LogP contribution in [0.15, 0.2) is 4.42 Å². The average Bonchev–Trinajstić information content (AvgIpc) is 2.67. The van der Waals surface area contributed by atoms with Crippen LogP contribution in [0.5, 0.6) is 0 Å². The van der Waals surface area contributed by atoms with Crippen molar-refractivity contribution in [2.75, 3.05) is 39.3 Å². The van der Waals surface area contributed by atoms with Crippen LogP contribution in [0.3, 0.4) is 0 Å². The van der Waals surface area contributed by atoms with Crippen molar-refractivity contribution in [1.82, 2.24) is 15.5 Å². The molecule has 1 unspecified atom stereocenters. The summed E-state index contributed by atoms with van der Waals surface area (Å²) in [6.07, 6.45) is -0.574. The molecule has 0 saturated carbocycles. The van der Waals surface area contributed by atoms with E-state index in [2.05, 4.69) is 15.5 Å². The molecule has 0 fully saturated rings. The number of methoxy groups -OCH3 is 1. The molecule has 0 aliphatic rings. The largest absolute Gasteiger partial charge is 0.407 e. The van der Waals surface area contributed by atoms with Crippen molar-refractivity contribution in [2.45, 2.75) is 12.6 Å². The van der Waals surface area contributed by atoms with Gasteiger partial charge in [0.15, 0.2) is 0 Å². The first kappa shape index (κ1) is 12.9. The van der Waals surface area contributed by atoms with Crippen molar-refractivity contribution >= 4 is 6.01 Å². The Labute approximate surface area is 94.4 Å². The second kappa shape index (κ2) is 6.41. The molecule has 0 amide bonds. The topological polar surface area (TPSA) is 83.7 Å². The Hall–Kier alpha value is -1.18. The second-order valence-electron chi connectivity index (χ2n) is 3.50. The van der Waals surface area contributed by atoms with E-state index < -0.39 is 6.10 Å². The molecule has 0 aliphatic carbocycles. The van der Waals surface area contributed by atoms with E-state index in [9.17, 15) is 5.11 Å². The van der Waals surface area contributed by atoms with Gasteiger partial charge in [0.05, 0.1) is 25.8 Å². The third-order valence-electron chi connectivity index (χ3n) is 1.95. The van der Waals surface area contributed by atoms with Crippen molar-refractivity contribution in [3.05, 3.63) is 5.89 Å². The predicted octanol–water partition coefficient (Wildman–Crippen LogP) is -0.767. The van der Waals surface area contributed by atoms with Crippen LogP contribution in [0.4, 0.5) is 6.01 Å². The van der Waals surface area contributed by atoms with Gasteiger partial charge < -0.3 is 24.5 Å². The van der Waals surface area contributed by atoms with Gasteiger partial charge in [-0.25, -0.2) is 0 Å². The smallest absolute Gasteiger partial charge is 0.318 e. The summed E-state index contributed by atoms with van der Waals surface area (Å²) < 4.78 is 10.2. The van der Waals surface area contributed by atoms with E-state index in [-0.39, 0.29) is 6.61 Å². The van der Waals surface area contributed by atoms with E-state index in [1.807, 2.05) is 0 Å². The maximum absolute atomic E-state index is 9.52. The number of anilines is 1. The fourth-order valence-electron chi connectivity index (χ4n) is 1.26. The van der Waals surface area contributed by atoms with Crippen molar-refractivity contribution < 1.29 is 14.3 Å². The summed E-state index contributed by atoms with van der Waals surface area (Å²) in [7, 11) is 5.12. The summed E-state index contributed by atoms with van der Waals surface area (Å²) >= 11 is 0. The molecule has 7 nitrogen and oxygen atoms in total. The second-order valence-corrected chi connectivity index (χ2v) is 3.50. The number of nitrogens with zero attached hydrogens (tertiary/aromatic N) is 3. The molecule has 0 spiro atoms. The first-order valence-electron chi connectivity index (χ1n) is 5.02. The third-order valence-corrected chi connectivity index (χ3v) is 1.95. The highest BCUT2D eigenvalue weighted by molar-refractivity contribution is 5.22. The molecule has 0 saturated heterocycles. The summed E-state index contributed by atoms with van der Waals surface area (Å²) in [5.41, 5.74) is 0. The van der Waals surface area contributed by atoms with E-state index in [1.165, 1.54) is 0 Å². The Kier molecular flexibility index (Phi) is 5.17. The summed E-state index contributed by atoms with van der Waals surface area (Å²) in [5, 5.41) is 20.1. The monoisotopic (exact) mass is 230 g/mol. The molecular formula is C9H18N4O3. The highest BCUT2D eigenvalue weighted by atomic mass is 16.5. The molecule has 2 N–H and O–H groups in total. The van der Waals surface area contributed by atoms with Crippen LogP contribution >= 0.6 is 0 Å². The molecule has 7 heteroatoms. The molecule has 1 atom stereocenters. The molecule has 0 aliphatic heterocycles. The van der Waals surface area contributed by atoms with Crippen LogP contribution in [0.25, 0.3) is 0 Å². The zero-order chi connectivity index (χ0) is 12.0. The van der Waals surface area contributed by atoms with Gasteiger partial charge in [0.1, 0.15) is 0 Å². The number of rotatable bonds is 7. The van der Waals surface area contributed by atoms with Crippen LogP contribution in [-0.4, -0.2) is 55.8 Å². The molecular weight excluding hydrogens is 212 g/mol. The lowest BCUT2D eigenvalue weighted by atomic mass is 10.3. The number of nitrogens with one attached hydrogen (secondary N) is 1. The van der Waals surface area contributed by atoms with E-state index >= 15 is 0 Å². The zero-order valence-corrected chi connectivity index (χ0v) is 9.80. The van der Waals surface area contributed by atoms with Crippen molar-refractivity contribution in [1.29, 1.82) is 0 Å². The Morgan fingerprint density at radius 1 is 1.56 bits per heavy atom. The summed E-state index contributed by atoms with van der Waals surface area (Å²) in [6.45, 7) is 1.19. The number of hydrogen-bond donors (Lipinski definition) is 2. The third kappa shape index (κ3) is 3.76. The first-order chi connectivity index (χ1) is 7.67. The molecule has 92 valence electrons. The SMILES string of the molecule is CNCc1nnc(N(C)CC(O)COC)o1. The molecule has 16 heavy (non-hydrogen) atoms. The lowest BCUT2D eigenvalue weighted by molar-refractivity contribution is 0.0689. The van der Waals surface area contributed by atoms with Crippen molar-refractivity contribution in [2.24, 2.45) is 0 Å². The molecule has 0 bridgehead atoms. The van der Waals surface area contributed by atoms with Gasteiger partial charge >= 0.3 is 6.01 Å². The minimum absolute atomic E-state index is 0.280. The molecule has 1 aromatic heterocycles. The minimum atomic E-state index is -0.574. The highest BCUT2D eigenvalue weighted by Gasteiger charge is 2.14. The van der Waals surface area contributed by atoms with Gasteiger partial charge in [0, 0.05) is 14.2 Å². The minimum Gasteiger partial charge on any atom is -0.407 e. The number of likely N-dealkylation sites (N-methyl/N-ethyl adjacent to an activating group) is 1. The summed E-state index contributed by atoms with van der Waals surface area (Å²) in [6, 6.07) is 0.389. The molecule has 1 aromatic rings. The van der Waals surface area contributed by atoms with Gasteiger partial charge in [0.2, 0.25) is 5.89 Å². The van der Waals surface area contributed by atoms with Gasteiger partial charge in [0.25, 0.3) is 0 Å². The lowest BCUT2D eigenvalue weighted by Gasteiger charge is -2.17. The number of hydrogen-bond acceptors (Lipinski definition) is 7. The number of aliphatic hydroxyl groups is 1. The average molecular weight is 230 g/mol.